The molecule has 0 radical (unpaired) electrons. The number of ether oxygens (including phenoxy) is 1. The van der Waals surface area contributed by atoms with Gasteiger partial charge in [-0.1, -0.05) is 12.1 Å². The molecule has 0 aromatic heterocycles. The zero-order valence-corrected chi connectivity index (χ0v) is 10.4. The van der Waals surface area contributed by atoms with Crippen molar-refractivity contribution >= 4 is 0 Å². The molecule has 2 aliphatic heterocycles. The van der Waals surface area contributed by atoms with Gasteiger partial charge >= 0.3 is 0 Å². The summed E-state index contributed by atoms with van der Waals surface area (Å²) in [6, 6.07) is 6.26. The van der Waals surface area contributed by atoms with E-state index in [0.717, 1.165) is 30.4 Å². The fourth-order valence-corrected chi connectivity index (χ4v) is 3.85. The van der Waals surface area contributed by atoms with E-state index in [9.17, 15) is 4.39 Å². The molecule has 2 bridgehead atoms. The first-order valence-corrected chi connectivity index (χ1v) is 7.00. The fourth-order valence-electron chi connectivity index (χ4n) is 3.85. The molecule has 3 aliphatic rings. The molecular formula is C15H18FNO. The van der Waals surface area contributed by atoms with Crippen molar-refractivity contribution in [3.05, 3.63) is 35.1 Å². The van der Waals surface area contributed by atoms with Crippen molar-refractivity contribution in [2.75, 3.05) is 0 Å². The Morgan fingerprint density at radius 3 is 2.94 bits per heavy atom. The van der Waals surface area contributed by atoms with Crippen LogP contribution in [0.5, 0.6) is 0 Å². The SMILES string of the molecule is Fc1cccc2c1CCC2NC1CC2CCC1O2. The van der Waals surface area contributed by atoms with Gasteiger partial charge in [-0.3, -0.25) is 0 Å². The zero-order valence-electron chi connectivity index (χ0n) is 10.4. The molecule has 0 saturated carbocycles. The summed E-state index contributed by atoms with van der Waals surface area (Å²) < 4.78 is 19.5. The van der Waals surface area contributed by atoms with Gasteiger partial charge < -0.3 is 10.1 Å². The highest BCUT2D eigenvalue weighted by atomic mass is 19.1. The van der Waals surface area contributed by atoms with Gasteiger partial charge in [-0.2, -0.15) is 0 Å². The zero-order chi connectivity index (χ0) is 12.1. The molecule has 4 unspecified atom stereocenters. The average molecular weight is 247 g/mol. The molecule has 2 heterocycles. The third-order valence-electron chi connectivity index (χ3n) is 4.73. The highest BCUT2D eigenvalue weighted by molar-refractivity contribution is 5.35. The Bertz CT molecular complexity index is 476. The summed E-state index contributed by atoms with van der Waals surface area (Å²) >= 11 is 0. The minimum absolute atomic E-state index is 0.0407. The van der Waals surface area contributed by atoms with Crippen LogP contribution in [0.2, 0.25) is 0 Å². The maximum Gasteiger partial charge on any atom is 0.126 e. The van der Waals surface area contributed by atoms with Crippen LogP contribution in [0.15, 0.2) is 18.2 Å². The summed E-state index contributed by atoms with van der Waals surface area (Å²) in [6.07, 6.45) is 6.29. The van der Waals surface area contributed by atoms with E-state index in [-0.39, 0.29) is 5.82 Å². The van der Waals surface area contributed by atoms with Gasteiger partial charge in [0.2, 0.25) is 0 Å². The Morgan fingerprint density at radius 1 is 1.22 bits per heavy atom. The predicted molar refractivity (Wildman–Crippen MR) is 66.9 cm³/mol. The van der Waals surface area contributed by atoms with Crippen LogP contribution in [0.25, 0.3) is 0 Å². The third-order valence-corrected chi connectivity index (χ3v) is 4.73. The van der Waals surface area contributed by atoms with E-state index < -0.39 is 0 Å². The molecule has 3 heteroatoms. The molecule has 1 aromatic carbocycles. The highest BCUT2D eigenvalue weighted by Gasteiger charge is 2.42. The fraction of sp³-hybridized carbons (Fsp3) is 0.600. The summed E-state index contributed by atoms with van der Waals surface area (Å²) in [5.74, 6) is -0.0407. The number of fused-ring (bicyclic) bond motifs is 3. The normalized spacial score (nSPS) is 37.2. The lowest BCUT2D eigenvalue weighted by molar-refractivity contribution is 0.0960. The lowest BCUT2D eigenvalue weighted by Gasteiger charge is -2.24. The Kier molecular flexibility index (Phi) is 2.45. The molecule has 1 aliphatic carbocycles. The van der Waals surface area contributed by atoms with Gasteiger partial charge in [0.1, 0.15) is 5.82 Å². The van der Waals surface area contributed by atoms with Crippen LogP contribution in [-0.4, -0.2) is 18.2 Å². The van der Waals surface area contributed by atoms with Crippen LogP contribution in [0.1, 0.15) is 42.9 Å². The molecule has 4 atom stereocenters. The van der Waals surface area contributed by atoms with Crippen LogP contribution < -0.4 is 5.32 Å². The summed E-state index contributed by atoms with van der Waals surface area (Å²) in [7, 11) is 0. The summed E-state index contributed by atoms with van der Waals surface area (Å²) in [5, 5.41) is 3.70. The molecule has 2 nitrogen and oxygen atoms in total. The van der Waals surface area contributed by atoms with Gasteiger partial charge in [0, 0.05) is 12.1 Å². The van der Waals surface area contributed by atoms with Gasteiger partial charge in [0.25, 0.3) is 0 Å². The highest BCUT2D eigenvalue weighted by Crippen LogP contribution is 2.38. The number of hydrogen-bond acceptors (Lipinski definition) is 2. The van der Waals surface area contributed by atoms with Gasteiger partial charge in [-0.15, -0.1) is 0 Å². The summed E-state index contributed by atoms with van der Waals surface area (Å²) in [4.78, 5) is 0. The first-order valence-electron chi connectivity index (χ1n) is 7.00. The average Bonchev–Trinajstić information content (AvgIpc) is 3.05. The predicted octanol–water partition coefficient (Wildman–Crippen LogP) is 2.72. The van der Waals surface area contributed by atoms with Crippen molar-refractivity contribution in [3.63, 3.8) is 0 Å². The lowest BCUT2D eigenvalue weighted by Crippen LogP contribution is -2.39. The van der Waals surface area contributed by atoms with Gasteiger partial charge in [-0.05, 0) is 49.3 Å². The summed E-state index contributed by atoms with van der Waals surface area (Å²) in [5.41, 5.74) is 2.08. The molecule has 1 aromatic rings. The van der Waals surface area contributed by atoms with Gasteiger partial charge in [-0.25, -0.2) is 4.39 Å². The molecule has 0 amide bonds. The molecule has 0 spiro atoms. The Balaban J connectivity index is 1.53. The lowest BCUT2D eigenvalue weighted by atomic mass is 9.94. The van der Waals surface area contributed by atoms with Crippen molar-refractivity contribution < 1.29 is 9.13 Å². The van der Waals surface area contributed by atoms with E-state index in [4.69, 9.17) is 4.74 Å². The molecule has 2 fully saturated rings. The summed E-state index contributed by atoms with van der Waals surface area (Å²) in [6.45, 7) is 0. The van der Waals surface area contributed by atoms with Crippen LogP contribution in [0.3, 0.4) is 0 Å². The van der Waals surface area contributed by atoms with Gasteiger partial charge in [0.15, 0.2) is 0 Å². The minimum atomic E-state index is -0.0407. The Labute approximate surface area is 107 Å². The molecule has 1 N–H and O–H groups in total. The van der Waals surface area contributed by atoms with Crippen molar-refractivity contribution in [1.82, 2.24) is 5.32 Å². The minimum Gasteiger partial charge on any atom is -0.373 e. The van der Waals surface area contributed by atoms with E-state index >= 15 is 0 Å². The molecular weight excluding hydrogens is 229 g/mol. The second kappa shape index (κ2) is 4.04. The topological polar surface area (TPSA) is 21.3 Å². The maximum atomic E-state index is 13.7. The van der Waals surface area contributed by atoms with Crippen LogP contribution in [-0.2, 0) is 11.2 Å². The third kappa shape index (κ3) is 1.61. The van der Waals surface area contributed by atoms with E-state index in [1.54, 1.807) is 6.07 Å². The number of halogens is 1. The maximum absolute atomic E-state index is 13.7. The van der Waals surface area contributed by atoms with Crippen molar-refractivity contribution in [2.24, 2.45) is 0 Å². The van der Waals surface area contributed by atoms with E-state index in [1.807, 2.05) is 6.07 Å². The Hall–Kier alpha value is -0.930. The van der Waals surface area contributed by atoms with Gasteiger partial charge in [0.05, 0.1) is 12.2 Å². The first kappa shape index (κ1) is 10.9. The first-order chi connectivity index (χ1) is 8.81. The molecule has 4 rings (SSSR count). The number of hydrogen-bond donors (Lipinski definition) is 1. The Morgan fingerprint density at radius 2 is 2.17 bits per heavy atom. The van der Waals surface area contributed by atoms with Crippen LogP contribution >= 0.6 is 0 Å². The standard InChI is InChI=1S/C15H18FNO/c16-12-3-1-2-11-10(12)5-6-13(11)17-14-8-9-4-7-15(14)18-9/h1-3,9,13-15,17H,4-8H2. The number of rotatable bonds is 2. The number of benzene rings is 1. The van der Waals surface area contributed by atoms with E-state index in [2.05, 4.69) is 11.4 Å². The second-order valence-corrected chi connectivity index (χ2v) is 5.78. The van der Waals surface area contributed by atoms with Crippen molar-refractivity contribution in [3.8, 4) is 0 Å². The molecule has 18 heavy (non-hydrogen) atoms. The second-order valence-electron chi connectivity index (χ2n) is 5.78. The smallest absolute Gasteiger partial charge is 0.126 e. The van der Waals surface area contributed by atoms with Crippen LogP contribution in [0.4, 0.5) is 4.39 Å². The molecule has 2 saturated heterocycles. The van der Waals surface area contributed by atoms with E-state index in [1.165, 1.54) is 12.8 Å². The molecule has 96 valence electrons. The quantitative estimate of drug-likeness (QED) is 0.867. The monoisotopic (exact) mass is 247 g/mol. The largest absolute Gasteiger partial charge is 0.373 e. The van der Waals surface area contributed by atoms with Crippen LogP contribution in [0, 0.1) is 5.82 Å². The van der Waals surface area contributed by atoms with E-state index in [0.29, 0.717) is 24.3 Å². The van der Waals surface area contributed by atoms with Crippen molar-refractivity contribution in [1.29, 1.82) is 0 Å². The van der Waals surface area contributed by atoms with Crippen molar-refractivity contribution in [2.45, 2.75) is 56.4 Å². The number of nitrogens with one attached hydrogen (secondary N) is 1.